The van der Waals surface area contributed by atoms with Crippen LogP contribution in [0.3, 0.4) is 0 Å². The van der Waals surface area contributed by atoms with Gasteiger partial charge >= 0.3 is 0 Å². The van der Waals surface area contributed by atoms with E-state index in [0.29, 0.717) is 0 Å². The van der Waals surface area contributed by atoms with Gasteiger partial charge < -0.3 is 4.74 Å². The molecule has 1 aliphatic heterocycles. The Morgan fingerprint density at radius 3 is 2.60 bits per heavy atom. The van der Waals surface area contributed by atoms with E-state index >= 15 is 0 Å². The van der Waals surface area contributed by atoms with Crippen molar-refractivity contribution in [2.75, 3.05) is 6.61 Å². The number of aromatic nitrogens is 2. The van der Waals surface area contributed by atoms with Crippen LogP contribution in [0, 0.1) is 0 Å². The molecule has 0 atom stereocenters. The molecule has 84 valence electrons. The van der Waals surface area contributed by atoms with E-state index in [1.54, 1.807) is 0 Å². The van der Waals surface area contributed by atoms with E-state index in [9.17, 15) is 0 Å². The van der Waals surface area contributed by atoms with Crippen LogP contribution in [0.15, 0.2) is 6.07 Å². The van der Waals surface area contributed by atoms with Crippen LogP contribution >= 0.6 is 0 Å². The maximum Gasteiger partial charge on any atom is 0.104 e. The van der Waals surface area contributed by atoms with Gasteiger partial charge in [-0.1, -0.05) is 20.8 Å². The summed E-state index contributed by atoms with van der Waals surface area (Å²) in [7, 11) is 0. The van der Waals surface area contributed by atoms with Crippen LogP contribution in [0.4, 0.5) is 0 Å². The predicted octanol–water partition coefficient (Wildman–Crippen LogP) is 2.45. The molecule has 2 rings (SSSR count). The molecule has 1 aromatic rings. The van der Waals surface area contributed by atoms with Gasteiger partial charge in [0.05, 0.1) is 24.5 Å². The van der Waals surface area contributed by atoms with Gasteiger partial charge in [0.1, 0.15) is 5.60 Å². The van der Waals surface area contributed by atoms with Crippen molar-refractivity contribution < 1.29 is 4.74 Å². The molecule has 1 aliphatic rings. The van der Waals surface area contributed by atoms with Gasteiger partial charge in [0, 0.05) is 5.41 Å². The molecule has 0 spiro atoms. The zero-order valence-electron chi connectivity index (χ0n) is 10.3. The molecule has 0 N–H and O–H groups in total. The van der Waals surface area contributed by atoms with Gasteiger partial charge in [-0.15, -0.1) is 0 Å². The van der Waals surface area contributed by atoms with Gasteiger partial charge in [0.15, 0.2) is 0 Å². The van der Waals surface area contributed by atoms with Crippen LogP contribution in [0.25, 0.3) is 0 Å². The lowest BCUT2D eigenvalue weighted by atomic mass is 9.91. The summed E-state index contributed by atoms with van der Waals surface area (Å²) >= 11 is 0. The molecule has 0 unspecified atom stereocenters. The van der Waals surface area contributed by atoms with Gasteiger partial charge in [-0.2, -0.15) is 5.10 Å². The van der Waals surface area contributed by atoms with Crippen molar-refractivity contribution >= 4 is 0 Å². The zero-order chi connectivity index (χ0) is 11.3. The summed E-state index contributed by atoms with van der Waals surface area (Å²) in [5.41, 5.74) is 2.25. The number of hydrogen-bond acceptors (Lipinski definition) is 2. The molecule has 0 saturated heterocycles. The number of rotatable bonds is 0. The van der Waals surface area contributed by atoms with Crippen molar-refractivity contribution in [3.63, 3.8) is 0 Å². The lowest BCUT2D eigenvalue weighted by Crippen LogP contribution is -2.33. The molecule has 0 aliphatic carbocycles. The number of hydrogen-bond donors (Lipinski definition) is 0. The minimum Gasteiger partial charge on any atom is -0.367 e. The standard InChI is InChI=1S/C12H20N2O/c1-11(2,3)9-8-10-12(4,5)15-7-6-14(10)13-9/h8H,6-7H2,1-5H3. The van der Waals surface area contributed by atoms with Crippen LogP contribution < -0.4 is 0 Å². The Labute approximate surface area is 91.4 Å². The summed E-state index contributed by atoms with van der Waals surface area (Å²) in [6, 6.07) is 2.18. The van der Waals surface area contributed by atoms with Crippen LogP contribution in [0.2, 0.25) is 0 Å². The number of fused-ring (bicyclic) bond motifs is 1. The lowest BCUT2D eigenvalue weighted by Gasteiger charge is -2.30. The largest absolute Gasteiger partial charge is 0.367 e. The predicted molar refractivity (Wildman–Crippen MR) is 59.9 cm³/mol. The van der Waals surface area contributed by atoms with Crippen LogP contribution in [-0.4, -0.2) is 16.4 Å². The van der Waals surface area contributed by atoms with Crippen LogP contribution in [-0.2, 0) is 22.3 Å². The molecular weight excluding hydrogens is 188 g/mol. The molecule has 0 bridgehead atoms. The summed E-state index contributed by atoms with van der Waals surface area (Å²) in [5.74, 6) is 0. The Hall–Kier alpha value is -0.830. The maximum atomic E-state index is 5.76. The molecule has 2 heterocycles. The van der Waals surface area contributed by atoms with Crippen molar-refractivity contribution in [1.29, 1.82) is 0 Å². The molecule has 0 radical (unpaired) electrons. The lowest BCUT2D eigenvalue weighted by molar-refractivity contribution is -0.0532. The van der Waals surface area contributed by atoms with Crippen molar-refractivity contribution in [2.45, 2.75) is 52.2 Å². The van der Waals surface area contributed by atoms with Crippen molar-refractivity contribution in [1.82, 2.24) is 9.78 Å². The minimum absolute atomic E-state index is 0.112. The summed E-state index contributed by atoms with van der Waals surface area (Å²) < 4.78 is 7.84. The van der Waals surface area contributed by atoms with Crippen LogP contribution in [0.1, 0.15) is 46.0 Å². The van der Waals surface area contributed by atoms with Gasteiger partial charge in [-0.3, -0.25) is 4.68 Å². The average molecular weight is 208 g/mol. The van der Waals surface area contributed by atoms with Gasteiger partial charge in [-0.25, -0.2) is 0 Å². The second-order valence-electron chi connectivity index (χ2n) is 5.75. The highest BCUT2D eigenvalue weighted by Crippen LogP contribution is 2.31. The molecule has 3 heteroatoms. The fourth-order valence-corrected chi connectivity index (χ4v) is 1.90. The first kappa shape index (κ1) is 10.7. The minimum atomic E-state index is -0.200. The summed E-state index contributed by atoms with van der Waals surface area (Å²) in [6.07, 6.45) is 0. The SMILES string of the molecule is CC(C)(C)c1cc2n(n1)CCOC2(C)C. The molecule has 15 heavy (non-hydrogen) atoms. The fraction of sp³-hybridized carbons (Fsp3) is 0.750. The Kier molecular flexibility index (Phi) is 2.19. The Balaban J connectivity index is 2.47. The summed E-state index contributed by atoms with van der Waals surface area (Å²) in [4.78, 5) is 0. The highest BCUT2D eigenvalue weighted by atomic mass is 16.5. The van der Waals surface area contributed by atoms with E-state index in [0.717, 1.165) is 18.8 Å². The van der Waals surface area contributed by atoms with E-state index in [1.165, 1.54) is 5.69 Å². The normalized spacial score (nSPS) is 20.1. The smallest absolute Gasteiger partial charge is 0.104 e. The monoisotopic (exact) mass is 208 g/mol. The van der Waals surface area contributed by atoms with Crippen molar-refractivity contribution in [2.24, 2.45) is 0 Å². The third kappa shape index (κ3) is 1.81. The highest BCUT2D eigenvalue weighted by Gasteiger charge is 2.32. The first-order chi connectivity index (χ1) is 6.81. The fourth-order valence-electron chi connectivity index (χ4n) is 1.90. The number of nitrogens with zero attached hydrogens (tertiary/aromatic N) is 2. The third-order valence-corrected chi connectivity index (χ3v) is 2.93. The van der Waals surface area contributed by atoms with E-state index < -0.39 is 0 Å². The van der Waals surface area contributed by atoms with Gasteiger partial charge in [0.2, 0.25) is 0 Å². The van der Waals surface area contributed by atoms with Gasteiger partial charge in [-0.05, 0) is 19.9 Å². The van der Waals surface area contributed by atoms with E-state index in [2.05, 4.69) is 50.5 Å². The Bertz CT molecular complexity index is 371. The molecule has 3 nitrogen and oxygen atoms in total. The maximum absolute atomic E-state index is 5.76. The first-order valence-electron chi connectivity index (χ1n) is 5.53. The van der Waals surface area contributed by atoms with Gasteiger partial charge in [0.25, 0.3) is 0 Å². The molecule has 0 amide bonds. The van der Waals surface area contributed by atoms with E-state index in [4.69, 9.17) is 4.74 Å². The Morgan fingerprint density at radius 2 is 2.07 bits per heavy atom. The van der Waals surface area contributed by atoms with Crippen molar-refractivity contribution in [3.8, 4) is 0 Å². The average Bonchev–Trinajstić information content (AvgIpc) is 2.47. The molecule has 1 aromatic heterocycles. The summed E-state index contributed by atoms with van der Waals surface area (Å²) in [6.45, 7) is 12.4. The Morgan fingerprint density at radius 1 is 1.40 bits per heavy atom. The molecule has 0 saturated carbocycles. The van der Waals surface area contributed by atoms with Crippen LogP contribution in [0.5, 0.6) is 0 Å². The third-order valence-electron chi connectivity index (χ3n) is 2.93. The quantitative estimate of drug-likeness (QED) is 0.655. The van der Waals surface area contributed by atoms with E-state index in [1.807, 2.05) is 0 Å². The van der Waals surface area contributed by atoms with E-state index in [-0.39, 0.29) is 11.0 Å². The molecule has 0 aromatic carbocycles. The second-order valence-corrected chi connectivity index (χ2v) is 5.75. The second kappa shape index (κ2) is 3.08. The topological polar surface area (TPSA) is 27.1 Å². The highest BCUT2D eigenvalue weighted by molar-refractivity contribution is 5.22. The molecular formula is C12H20N2O. The first-order valence-corrected chi connectivity index (χ1v) is 5.53. The zero-order valence-corrected chi connectivity index (χ0v) is 10.3. The van der Waals surface area contributed by atoms with Crippen molar-refractivity contribution in [3.05, 3.63) is 17.5 Å². The number of ether oxygens (including phenoxy) is 1. The summed E-state index contributed by atoms with van der Waals surface area (Å²) in [5, 5.41) is 4.65. The molecule has 0 fully saturated rings.